The first kappa shape index (κ1) is 31.2. The summed E-state index contributed by atoms with van der Waals surface area (Å²) in [6.07, 6.45) is 16.7. The lowest BCUT2D eigenvalue weighted by atomic mass is 10.1. The Kier molecular flexibility index (Phi) is 13.9. The van der Waals surface area contributed by atoms with Crippen LogP contribution in [-0.4, -0.2) is 31.8 Å². The summed E-state index contributed by atoms with van der Waals surface area (Å²) in [4.78, 5) is 1.39. The Morgan fingerprint density at radius 2 is 1.38 bits per heavy atom. The van der Waals surface area contributed by atoms with Crippen molar-refractivity contribution in [3.05, 3.63) is 48.5 Å². The van der Waals surface area contributed by atoms with Gasteiger partial charge in [0.25, 0.3) is 6.23 Å². The normalized spacial score (nSPS) is 13.8. The Morgan fingerprint density at radius 3 is 2.03 bits per heavy atom. The highest BCUT2D eigenvalue weighted by atomic mass is 35.5. The van der Waals surface area contributed by atoms with E-state index in [9.17, 15) is 5.11 Å². The number of benzene rings is 2. The number of nitrogens with zero attached hydrogens (tertiary/aromatic N) is 3. The number of unbranched alkanes of at least 4 members (excludes halogenated alkanes) is 12. The molecule has 0 saturated carbocycles. The number of aliphatic hydroxyl groups is 1. The average molecular weight is 558 g/mol. The van der Waals surface area contributed by atoms with Crippen molar-refractivity contribution in [2.24, 2.45) is 0 Å². The Morgan fingerprint density at radius 1 is 0.769 bits per heavy atom. The predicted octanol–water partition coefficient (Wildman–Crippen LogP) is 9.21. The van der Waals surface area contributed by atoms with Crippen LogP contribution in [-0.2, 0) is 0 Å². The van der Waals surface area contributed by atoms with Crippen LogP contribution in [0.5, 0.6) is 11.5 Å². The highest BCUT2D eigenvalue weighted by molar-refractivity contribution is 6.22. The Hall–Kier alpha value is -2.31. The molecule has 0 radical (unpaired) electrons. The summed E-state index contributed by atoms with van der Waals surface area (Å²) in [5.74, 6) is 1.27. The molecule has 1 aromatic heterocycles. The fourth-order valence-electron chi connectivity index (χ4n) is 4.76. The van der Waals surface area contributed by atoms with Gasteiger partial charge in [0.1, 0.15) is 17.0 Å². The summed E-state index contributed by atoms with van der Waals surface area (Å²) in [5.41, 5.74) is 1.31. The molecule has 6 nitrogen and oxygen atoms in total. The minimum absolute atomic E-state index is 0.350. The first-order valence-electron chi connectivity index (χ1n) is 15.2. The van der Waals surface area contributed by atoms with E-state index in [0.29, 0.717) is 35.6 Å². The van der Waals surface area contributed by atoms with Gasteiger partial charge in [-0.05, 0) is 43.5 Å². The molecule has 0 fully saturated rings. The molecule has 0 spiro atoms. The first-order chi connectivity index (χ1) is 19.0. The van der Waals surface area contributed by atoms with E-state index in [0.717, 1.165) is 19.3 Å². The number of hydrogen-bond donors (Lipinski definition) is 1. The third-order valence-corrected chi connectivity index (χ3v) is 7.48. The minimum atomic E-state index is -1.67. The van der Waals surface area contributed by atoms with Crippen molar-refractivity contribution >= 4 is 22.6 Å². The van der Waals surface area contributed by atoms with E-state index in [4.69, 9.17) is 21.1 Å². The number of alkyl halides is 1. The smallest absolute Gasteiger partial charge is 0.251 e. The van der Waals surface area contributed by atoms with Gasteiger partial charge < -0.3 is 14.6 Å². The summed E-state index contributed by atoms with van der Waals surface area (Å²) in [7, 11) is 0. The monoisotopic (exact) mass is 557 g/mol. The maximum absolute atomic E-state index is 11.2. The Bertz CT molecular complexity index is 1060. The van der Waals surface area contributed by atoms with Crippen molar-refractivity contribution < 1.29 is 14.6 Å². The fourth-order valence-corrected chi connectivity index (χ4v) is 5.03. The SMILES string of the molecule is CCCCCCCCCCCCCCOc1cccc2nn(C(Oc3ccccc3)C(O)(Cl)CCCC)nc12. The van der Waals surface area contributed by atoms with Gasteiger partial charge >= 0.3 is 0 Å². The second-order valence-corrected chi connectivity index (χ2v) is 11.2. The van der Waals surface area contributed by atoms with Crippen LogP contribution in [0.4, 0.5) is 0 Å². The minimum Gasteiger partial charge on any atom is -0.491 e. The van der Waals surface area contributed by atoms with E-state index in [-0.39, 0.29) is 0 Å². The van der Waals surface area contributed by atoms with Crippen LogP contribution in [0.25, 0.3) is 11.0 Å². The van der Waals surface area contributed by atoms with Gasteiger partial charge in [0.15, 0.2) is 10.6 Å². The van der Waals surface area contributed by atoms with Gasteiger partial charge in [-0.3, -0.25) is 0 Å². The second-order valence-electron chi connectivity index (χ2n) is 10.6. The molecule has 3 aromatic rings. The molecule has 0 saturated heterocycles. The Labute approximate surface area is 240 Å². The van der Waals surface area contributed by atoms with Gasteiger partial charge in [-0.1, -0.05) is 127 Å². The van der Waals surface area contributed by atoms with Crippen LogP contribution in [0.1, 0.15) is 116 Å². The topological polar surface area (TPSA) is 69.4 Å². The molecule has 7 heteroatoms. The maximum Gasteiger partial charge on any atom is 0.251 e. The van der Waals surface area contributed by atoms with Gasteiger partial charge in [-0.15, -0.1) is 15.0 Å². The summed E-state index contributed by atoms with van der Waals surface area (Å²) < 4.78 is 12.3. The average Bonchev–Trinajstić information content (AvgIpc) is 3.38. The van der Waals surface area contributed by atoms with Crippen molar-refractivity contribution in [1.82, 2.24) is 15.0 Å². The maximum atomic E-state index is 11.2. The number of aromatic nitrogens is 3. The summed E-state index contributed by atoms with van der Waals surface area (Å²) in [6, 6.07) is 15.0. The molecule has 216 valence electrons. The lowest BCUT2D eigenvalue weighted by Gasteiger charge is -2.30. The van der Waals surface area contributed by atoms with E-state index in [1.165, 1.54) is 75.4 Å². The molecule has 0 bridgehead atoms. The summed E-state index contributed by atoms with van der Waals surface area (Å²) in [6.45, 7) is 4.97. The molecule has 0 amide bonds. The molecular weight excluding hydrogens is 510 g/mol. The Balaban J connectivity index is 1.51. The number of para-hydroxylation sites is 1. The third kappa shape index (κ3) is 10.6. The van der Waals surface area contributed by atoms with Crippen molar-refractivity contribution in [1.29, 1.82) is 0 Å². The molecule has 0 aliphatic carbocycles. The van der Waals surface area contributed by atoms with Crippen molar-refractivity contribution in [3.63, 3.8) is 0 Å². The van der Waals surface area contributed by atoms with Gasteiger partial charge in [0.05, 0.1) is 6.61 Å². The molecule has 2 atom stereocenters. The van der Waals surface area contributed by atoms with Crippen LogP contribution >= 0.6 is 11.6 Å². The molecule has 3 rings (SSSR count). The molecular formula is C32H48ClN3O3. The molecule has 1 N–H and O–H groups in total. The van der Waals surface area contributed by atoms with Gasteiger partial charge in [0.2, 0.25) is 0 Å². The second kappa shape index (κ2) is 17.4. The van der Waals surface area contributed by atoms with Crippen molar-refractivity contribution in [2.75, 3.05) is 6.61 Å². The highest BCUT2D eigenvalue weighted by Gasteiger charge is 2.39. The van der Waals surface area contributed by atoms with Gasteiger partial charge in [-0.25, -0.2) is 0 Å². The lowest BCUT2D eigenvalue weighted by molar-refractivity contribution is -0.0598. The highest BCUT2D eigenvalue weighted by Crippen LogP contribution is 2.35. The van der Waals surface area contributed by atoms with Crippen LogP contribution in [0.3, 0.4) is 0 Å². The first-order valence-corrected chi connectivity index (χ1v) is 15.5. The van der Waals surface area contributed by atoms with E-state index in [1.807, 2.05) is 48.5 Å². The molecule has 2 unspecified atom stereocenters. The largest absolute Gasteiger partial charge is 0.491 e. The fraction of sp³-hybridized carbons (Fsp3) is 0.625. The number of ether oxygens (including phenoxy) is 2. The quantitative estimate of drug-likeness (QED) is 0.104. The number of halogens is 1. The van der Waals surface area contributed by atoms with Crippen LogP contribution < -0.4 is 9.47 Å². The summed E-state index contributed by atoms with van der Waals surface area (Å²) in [5, 5.41) is 18.8. The van der Waals surface area contributed by atoms with Gasteiger partial charge in [-0.2, -0.15) is 0 Å². The number of fused-ring (bicyclic) bond motifs is 1. The number of rotatable bonds is 21. The molecule has 0 aliphatic heterocycles. The van der Waals surface area contributed by atoms with Crippen molar-refractivity contribution in [3.8, 4) is 11.5 Å². The van der Waals surface area contributed by atoms with E-state index >= 15 is 0 Å². The zero-order chi connectivity index (χ0) is 27.8. The molecule has 1 heterocycles. The van der Waals surface area contributed by atoms with E-state index in [2.05, 4.69) is 24.0 Å². The zero-order valence-corrected chi connectivity index (χ0v) is 24.7. The number of hydrogen-bond acceptors (Lipinski definition) is 5. The standard InChI is InChI=1S/C32H48ClN3O3/c1-3-5-7-8-9-10-11-12-13-14-15-19-26-38-29-24-20-23-28-30(29)35-36(34-28)31(32(33,37)25-6-4-2)39-27-21-17-16-18-22-27/h16-18,20-24,31,37H,3-15,19,25-26H2,1-2H3. The molecule has 2 aromatic carbocycles. The third-order valence-electron chi connectivity index (χ3n) is 7.11. The predicted molar refractivity (Wildman–Crippen MR) is 161 cm³/mol. The van der Waals surface area contributed by atoms with Gasteiger partial charge in [0, 0.05) is 0 Å². The van der Waals surface area contributed by atoms with Crippen LogP contribution in [0.15, 0.2) is 48.5 Å². The molecule has 39 heavy (non-hydrogen) atoms. The van der Waals surface area contributed by atoms with Crippen LogP contribution in [0, 0.1) is 0 Å². The van der Waals surface area contributed by atoms with E-state index in [1.54, 1.807) is 0 Å². The zero-order valence-electron chi connectivity index (χ0n) is 24.0. The van der Waals surface area contributed by atoms with Crippen LogP contribution in [0.2, 0.25) is 0 Å². The van der Waals surface area contributed by atoms with E-state index < -0.39 is 11.3 Å². The van der Waals surface area contributed by atoms with Crippen molar-refractivity contribution in [2.45, 2.75) is 121 Å². The lowest BCUT2D eigenvalue weighted by Crippen LogP contribution is -2.39. The molecule has 0 aliphatic rings. The summed E-state index contributed by atoms with van der Waals surface area (Å²) >= 11 is 6.63.